The summed E-state index contributed by atoms with van der Waals surface area (Å²) in [4.78, 5) is 0. The van der Waals surface area contributed by atoms with E-state index in [4.69, 9.17) is 11.6 Å². The number of halogens is 3. The molecule has 1 aliphatic heterocycles. The Labute approximate surface area is 104 Å². The number of nitrogens with zero attached hydrogens (tertiary/aromatic N) is 1. The maximum Gasteiger partial charge on any atom is 0.142 e. The van der Waals surface area contributed by atoms with E-state index < -0.39 is 0 Å². The molecule has 5 heteroatoms. The second kappa shape index (κ2) is 4.24. The lowest BCUT2D eigenvalue weighted by molar-refractivity contribution is 0.527. The summed E-state index contributed by atoms with van der Waals surface area (Å²) in [7, 11) is 0. The number of nitrogens with one attached hydrogen (secondary N) is 1. The average molecular weight is 261 g/mol. The third-order valence-corrected chi connectivity index (χ3v) is 3.26. The van der Waals surface area contributed by atoms with Crippen LogP contribution >= 0.6 is 24.0 Å². The maximum atomic E-state index is 13.3. The van der Waals surface area contributed by atoms with E-state index in [1.165, 1.54) is 11.8 Å². The number of aromatic nitrogens is 1. The molecule has 2 aromatic rings. The zero-order valence-corrected chi connectivity index (χ0v) is 10.0. The fraction of sp³-hybridized carbons (Fsp3) is 0.273. The first-order valence-electron chi connectivity index (χ1n) is 4.94. The zero-order chi connectivity index (χ0) is 10.4. The van der Waals surface area contributed by atoms with E-state index in [1.54, 1.807) is 6.07 Å². The summed E-state index contributed by atoms with van der Waals surface area (Å²) in [5.41, 5.74) is 2.20. The van der Waals surface area contributed by atoms with Crippen molar-refractivity contribution in [3.05, 3.63) is 34.7 Å². The predicted molar refractivity (Wildman–Crippen MR) is 65.9 cm³/mol. The molecule has 86 valence electrons. The van der Waals surface area contributed by atoms with Crippen molar-refractivity contribution in [1.29, 1.82) is 0 Å². The van der Waals surface area contributed by atoms with Crippen molar-refractivity contribution in [1.82, 2.24) is 9.88 Å². The Balaban J connectivity index is 0.000000963. The van der Waals surface area contributed by atoms with Crippen LogP contribution in [0.4, 0.5) is 4.39 Å². The van der Waals surface area contributed by atoms with Gasteiger partial charge in [0, 0.05) is 30.7 Å². The molecule has 0 spiro atoms. The van der Waals surface area contributed by atoms with E-state index in [0.29, 0.717) is 0 Å². The lowest BCUT2D eigenvalue weighted by atomic mass is 10.2. The van der Waals surface area contributed by atoms with E-state index >= 15 is 0 Å². The van der Waals surface area contributed by atoms with Crippen LogP contribution in [-0.4, -0.2) is 11.1 Å². The van der Waals surface area contributed by atoms with Gasteiger partial charge in [0.2, 0.25) is 0 Å². The molecule has 1 aromatic heterocycles. The van der Waals surface area contributed by atoms with Gasteiger partial charge < -0.3 is 9.88 Å². The summed E-state index contributed by atoms with van der Waals surface area (Å²) in [6.07, 6.45) is 0. The Kier molecular flexibility index (Phi) is 3.10. The van der Waals surface area contributed by atoms with Crippen LogP contribution in [-0.2, 0) is 13.1 Å². The summed E-state index contributed by atoms with van der Waals surface area (Å²) in [5.74, 6) is -0.347. The second-order valence-corrected chi connectivity index (χ2v) is 4.14. The van der Waals surface area contributed by atoms with Crippen molar-refractivity contribution in [2.45, 2.75) is 13.1 Å². The Morgan fingerprint density at radius 2 is 2.19 bits per heavy atom. The van der Waals surface area contributed by atoms with Crippen molar-refractivity contribution in [2.24, 2.45) is 0 Å². The highest BCUT2D eigenvalue weighted by atomic mass is 35.5. The monoisotopic (exact) mass is 260 g/mol. The van der Waals surface area contributed by atoms with Crippen LogP contribution in [0.5, 0.6) is 0 Å². The highest BCUT2D eigenvalue weighted by molar-refractivity contribution is 6.35. The minimum Gasteiger partial charge on any atom is -0.342 e. The van der Waals surface area contributed by atoms with Crippen molar-refractivity contribution >= 4 is 34.9 Å². The van der Waals surface area contributed by atoms with Gasteiger partial charge in [-0.25, -0.2) is 4.39 Å². The van der Waals surface area contributed by atoms with Gasteiger partial charge >= 0.3 is 0 Å². The van der Waals surface area contributed by atoms with Gasteiger partial charge in [0.05, 0.1) is 10.5 Å². The third-order valence-electron chi connectivity index (χ3n) is 2.88. The molecular weight excluding hydrogens is 250 g/mol. The van der Waals surface area contributed by atoms with Gasteiger partial charge in [-0.2, -0.15) is 0 Å². The van der Waals surface area contributed by atoms with Gasteiger partial charge in [0.25, 0.3) is 0 Å². The molecule has 0 amide bonds. The Hall–Kier alpha value is -0.770. The number of rotatable bonds is 0. The summed E-state index contributed by atoms with van der Waals surface area (Å²) in [5, 5.41) is 4.32. The molecule has 1 N–H and O–H groups in total. The molecule has 0 fully saturated rings. The first-order chi connectivity index (χ1) is 7.27. The van der Waals surface area contributed by atoms with Crippen LogP contribution in [0.2, 0.25) is 5.02 Å². The van der Waals surface area contributed by atoms with Crippen molar-refractivity contribution < 1.29 is 4.39 Å². The van der Waals surface area contributed by atoms with Crippen LogP contribution < -0.4 is 5.32 Å². The first kappa shape index (κ1) is 11.7. The molecule has 0 aliphatic carbocycles. The van der Waals surface area contributed by atoms with E-state index in [2.05, 4.69) is 9.88 Å². The minimum atomic E-state index is -0.347. The quantitative estimate of drug-likeness (QED) is 0.771. The zero-order valence-electron chi connectivity index (χ0n) is 8.46. The van der Waals surface area contributed by atoms with E-state index in [-0.39, 0.29) is 23.2 Å². The Morgan fingerprint density at radius 3 is 3.00 bits per heavy atom. The van der Waals surface area contributed by atoms with E-state index in [0.717, 1.165) is 30.5 Å². The van der Waals surface area contributed by atoms with Gasteiger partial charge in [0.1, 0.15) is 5.82 Å². The lowest BCUT2D eigenvalue weighted by Gasteiger charge is -2.17. The van der Waals surface area contributed by atoms with Crippen LogP contribution in [0, 0.1) is 5.82 Å². The normalized spacial score (nSPS) is 14.6. The molecule has 1 aromatic carbocycles. The summed E-state index contributed by atoms with van der Waals surface area (Å²) >= 11 is 5.94. The van der Waals surface area contributed by atoms with Crippen molar-refractivity contribution in [3.63, 3.8) is 0 Å². The third kappa shape index (κ3) is 1.59. The molecule has 2 nitrogen and oxygen atoms in total. The molecule has 0 saturated heterocycles. The number of fused-ring (bicyclic) bond motifs is 3. The average Bonchev–Trinajstić information content (AvgIpc) is 2.63. The summed E-state index contributed by atoms with van der Waals surface area (Å²) in [6, 6.07) is 5.19. The van der Waals surface area contributed by atoms with Crippen LogP contribution in [0.25, 0.3) is 10.9 Å². The van der Waals surface area contributed by atoms with E-state index in [1.807, 2.05) is 6.07 Å². The smallest absolute Gasteiger partial charge is 0.142 e. The summed E-state index contributed by atoms with van der Waals surface area (Å²) in [6.45, 7) is 2.69. The predicted octanol–water partition coefficient (Wildman–Crippen LogP) is 2.96. The second-order valence-electron chi connectivity index (χ2n) is 3.76. The molecule has 16 heavy (non-hydrogen) atoms. The topological polar surface area (TPSA) is 17.0 Å². The molecule has 1 aliphatic rings. The summed E-state index contributed by atoms with van der Waals surface area (Å²) < 4.78 is 15.4. The van der Waals surface area contributed by atoms with Crippen molar-refractivity contribution in [2.75, 3.05) is 6.54 Å². The van der Waals surface area contributed by atoms with E-state index in [9.17, 15) is 4.39 Å². The standard InChI is InChI=1S/C11H10ClFN2.ClH/c12-11-8-5-7-6-14-3-4-15(7)10(8)2-1-9(11)13;/h1-2,5,14H,3-4,6H2;1H. The molecule has 0 atom stereocenters. The lowest BCUT2D eigenvalue weighted by Crippen LogP contribution is -2.27. The SMILES string of the molecule is Cl.Fc1ccc2c(cc3n2CCNC3)c1Cl. The maximum absolute atomic E-state index is 13.3. The van der Waals surface area contributed by atoms with Gasteiger partial charge in [0.15, 0.2) is 0 Å². The van der Waals surface area contributed by atoms with Crippen LogP contribution in [0.15, 0.2) is 18.2 Å². The molecule has 2 heterocycles. The molecule has 0 unspecified atom stereocenters. The molecule has 0 bridgehead atoms. The Morgan fingerprint density at radius 1 is 1.38 bits per heavy atom. The molecule has 3 rings (SSSR count). The number of hydrogen-bond acceptors (Lipinski definition) is 1. The van der Waals surface area contributed by atoms with Crippen LogP contribution in [0.1, 0.15) is 5.69 Å². The molecule has 0 saturated carbocycles. The van der Waals surface area contributed by atoms with Gasteiger partial charge in [-0.05, 0) is 18.2 Å². The van der Waals surface area contributed by atoms with Gasteiger partial charge in [-0.1, -0.05) is 11.6 Å². The largest absolute Gasteiger partial charge is 0.342 e. The molecule has 0 radical (unpaired) electrons. The fourth-order valence-electron chi connectivity index (χ4n) is 2.15. The Bertz CT molecular complexity index is 536. The minimum absolute atomic E-state index is 0. The van der Waals surface area contributed by atoms with Gasteiger partial charge in [-0.3, -0.25) is 0 Å². The molecular formula is C11H11Cl2FN2. The highest BCUT2D eigenvalue weighted by Gasteiger charge is 2.15. The van der Waals surface area contributed by atoms with Crippen LogP contribution in [0.3, 0.4) is 0 Å². The number of benzene rings is 1. The highest BCUT2D eigenvalue weighted by Crippen LogP contribution is 2.30. The van der Waals surface area contributed by atoms with Crippen molar-refractivity contribution in [3.8, 4) is 0 Å². The first-order valence-corrected chi connectivity index (χ1v) is 5.32. The number of hydrogen-bond donors (Lipinski definition) is 1. The fourth-order valence-corrected chi connectivity index (χ4v) is 2.36. The van der Waals surface area contributed by atoms with Gasteiger partial charge in [-0.15, -0.1) is 12.4 Å².